The van der Waals surface area contributed by atoms with E-state index in [0.717, 1.165) is 26.1 Å². The van der Waals surface area contributed by atoms with Crippen molar-refractivity contribution in [2.24, 2.45) is 0 Å². The first-order chi connectivity index (χ1) is 10.1. The highest BCUT2D eigenvalue weighted by Crippen LogP contribution is 2.41. The van der Waals surface area contributed by atoms with E-state index >= 15 is 0 Å². The summed E-state index contributed by atoms with van der Waals surface area (Å²) in [7, 11) is 0. The summed E-state index contributed by atoms with van der Waals surface area (Å²) >= 11 is 0. The normalized spacial score (nSPS) is 35.1. The summed E-state index contributed by atoms with van der Waals surface area (Å²) in [6.45, 7) is 7.44. The molecule has 4 heteroatoms. The van der Waals surface area contributed by atoms with Crippen molar-refractivity contribution in [3.8, 4) is 0 Å². The quantitative estimate of drug-likeness (QED) is 0.866. The Morgan fingerprint density at radius 3 is 2.52 bits per heavy atom. The van der Waals surface area contributed by atoms with Gasteiger partial charge in [-0.15, -0.1) is 0 Å². The molecular weight excluding hydrogens is 266 g/mol. The van der Waals surface area contributed by atoms with Gasteiger partial charge in [-0.1, -0.05) is 19.3 Å². The molecule has 0 radical (unpaired) electrons. The topological polar surface area (TPSA) is 39.7 Å². The van der Waals surface area contributed by atoms with Gasteiger partial charge in [-0.05, 0) is 39.5 Å². The lowest BCUT2D eigenvalue weighted by atomic mass is 9.83. The third kappa shape index (κ3) is 4.19. The fourth-order valence-electron chi connectivity index (χ4n) is 4.07. The summed E-state index contributed by atoms with van der Waals surface area (Å²) in [6.07, 6.45) is 9.43. The summed E-state index contributed by atoms with van der Waals surface area (Å²) in [5, 5.41) is 3.41. The van der Waals surface area contributed by atoms with Crippen LogP contribution in [0.2, 0.25) is 0 Å². The molecule has 0 bridgehead atoms. The van der Waals surface area contributed by atoms with Crippen molar-refractivity contribution in [1.82, 2.24) is 5.32 Å². The van der Waals surface area contributed by atoms with Crippen LogP contribution in [0.25, 0.3) is 0 Å². The molecule has 1 spiro atoms. The zero-order chi connectivity index (χ0) is 14.8. The monoisotopic (exact) mass is 297 g/mol. The van der Waals surface area contributed by atoms with Crippen LogP contribution in [-0.4, -0.2) is 49.7 Å². The SMILES string of the molecule is CC1(C)CNCC(COCC2CCC3(CCCCC3)O2)O1. The molecule has 2 saturated heterocycles. The molecule has 1 N–H and O–H groups in total. The Morgan fingerprint density at radius 1 is 1.00 bits per heavy atom. The van der Waals surface area contributed by atoms with Crippen molar-refractivity contribution in [1.29, 1.82) is 0 Å². The smallest absolute Gasteiger partial charge is 0.0940 e. The van der Waals surface area contributed by atoms with E-state index in [1.54, 1.807) is 0 Å². The van der Waals surface area contributed by atoms with E-state index in [1.165, 1.54) is 38.5 Å². The third-order valence-corrected chi connectivity index (χ3v) is 5.12. The van der Waals surface area contributed by atoms with Crippen LogP contribution < -0.4 is 5.32 Å². The van der Waals surface area contributed by atoms with Crippen LogP contribution in [0, 0.1) is 0 Å². The molecule has 0 amide bonds. The van der Waals surface area contributed by atoms with Crippen LogP contribution in [0.4, 0.5) is 0 Å². The summed E-state index contributed by atoms with van der Waals surface area (Å²) in [5.41, 5.74) is 0.124. The van der Waals surface area contributed by atoms with Crippen molar-refractivity contribution < 1.29 is 14.2 Å². The molecule has 122 valence electrons. The van der Waals surface area contributed by atoms with Crippen molar-refractivity contribution in [3.63, 3.8) is 0 Å². The van der Waals surface area contributed by atoms with Crippen LogP contribution in [-0.2, 0) is 14.2 Å². The first-order valence-corrected chi connectivity index (χ1v) is 8.71. The molecule has 3 fully saturated rings. The molecule has 1 aliphatic carbocycles. The van der Waals surface area contributed by atoms with Gasteiger partial charge in [0, 0.05) is 13.1 Å². The predicted octanol–water partition coefficient (Wildman–Crippen LogP) is 2.65. The first kappa shape index (κ1) is 15.7. The van der Waals surface area contributed by atoms with Gasteiger partial charge in [-0.25, -0.2) is 0 Å². The Hall–Kier alpha value is -0.160. The largest absolute Gasteiger partial charge is 0.376 e. The second-order valence-corrected chi connectivity index (χ2v) is 7.69. The lowest BCUT2D eigenvalue weighted by Crippen LogP contribution is -2.52. The molecule has 2 atom stereocenters. The highest BCUT2D eigenvalue weighted by Gasteiger charge is 2.40. The first-order valence-electron chi connectivity index (χ1n) is 8.71. The third-order valence-electron chi connectivity index (χ3n) is 5.12. The van der Waals surface area contributed by atoms with Gasteiger partial charge in [-0.2, -0.15) is 0 Å². The van der Waals surface area contributed by atoms with Gasteiger partial charge in [0.2, 0.25) is 0 Å². The van der Waals surface area contributed by atoms with Gasteiger partial charge < -0.3 is 19.5 Å². The summed E-state index contributed by atoms with van der Waals surface area (Å²) in [4.78, 5) is 0. The number of hydrogen-bond acceptors (Lipinski definition) is 4. The van der Waals surface area contributed by atoms with Gasteiger partial charge in [0.05, 0.1) is 36.6 Å². The van der Waals surface area contributed by atoms with Gasteiger partial charge in [0.1, 0.15) is 0 Å². The number of rotatable bonds is 4. The summed E-state index contributed by atoms with van der Waals surface area (Å²) < 4.78 is 18.3. The van der Waals surface area contributed by atoms with Crippen molar-refractivity contribution in [2.75, 3.05) is 26.3 Å². The van der Waals surface area contributed by atoms with Crippen LogP contribution in [0.5, 0.6) is 0 Å². The second-order valence-electron chi connectivity index (χ2n) is 7.69. The highest BCUT2D eigenvalue weighted by atomic mass is 16.6. The Labute approximate surface area is 128 Å². The van der Waals surface area contributed by atoms with Crippen molar-refractivity contribution >= 4 is 0 Å². The molecular formula is C17H31NO3. The lowest BCUT2D eigenvalue weighted by molar-refractivity contribution is -0.134. The van der Waals surface area contributed by atoms with Gasteiger partial charge >= 0.3 is 0 Å². The molecule has 0 aromatic heterocycles. The Morgan fingerprint density at radius 2 is 1.76 bits per heavy atom. The standard InChI is InChI=1S/C17H31NO3/c1-16(2)13-18-10-15(20-16)12-19-11-14-6-9-17(21-14)7-4-3-5-8-17/h14-15,18H,3-13H2,1-2H3. The van der Waals surface area contributed by atoms with Crippen LogP contribution in [0.15, 0.2) is 0 Å². The highest BCUT2D eigenvalue weighted by molar-refractivity contribution is 4.91. The maximum atomic E-state index is 6.34. The molecule has 4 nitrogen and oxygen atoms in total. The zero-order valence-electron chi connectivity index (χ0n) is 13.7. The van der Waals surface area contributed by atoms with E-state index in [9.17, 15) is 0 Å². The minimum Gasteiger partial charge on any atom is -0.376 e. The van der Waals surface area contributed by atoms with Gasteiger partial charge in [0.15, 0.2) is 0 Å². The minimum absolute atomic E-state index is 0.0811. The Kier molecular flexibility index (Phi) is 4.89. The Bertz CT molecular complexity index is 339. The van der Waals surface area contributed by atoms with E-state index in [1.807, 2.05) is 0 Å². The molecule has 1 saturated carbocycles. The maximum Gasteiger partial charge on any atom is 0.0940 e. The van der Waals surface area contributed by atoms with E-state index in [2.05, 4.69) is 19.2 Å². The molecule has 2 aliphatic heterocycles. The molecule has 2 heterocycles. The summed E-state index contributed by atoms with van der Waals surface area (Å²) in [5.74, 6) is 0. The van der Waals surface area contributed by atoms with E-state index in [0.29, 0.717) is 12.7 Å². The fraction of sp³-hybridized carbons (Fsp3) is 1.00. The van der Waals surface area contributed by atoms with Gasteiger partial charge in [0.25, 0.3) is 0 Å². The molecule has 0 aromatic carbocycles. The van der Waals surface area contributed by atoms with Crippen LogP contribution in [0.1, 0.15) is 58.8 Å². The lowest BCUT2D eigenvalue weighted by Gasteiger charge is -2.36. The minimum atomic E-state index is -0.0811. The second kappa shape index (κ2) is 6.53. The number of hydrogen-bond donors (Lipinski definition) is 1. The van der Waals surface area contributed by atoms with Crippen LogP contribution >= 0.6 is 0 Å². The molecule has 3 rings (SSSR count). The van der Waals surface area contributed by atoms with E-state index in [-0.39, 0.29) is 17.3 Å². The summed E-state index contributed by atoms with van der Waals surface area (Å²) in [6, 6.07) is 0. The number of nitrogens with one attached hydrogen (secondary N) is 1. The number of morpholine rings is 1. The fourth-order valence-corrected chi connectivity index (χ4v) is 4.07. The number of ether oxygens (including phenoxy) is 3. The van der Waals surface area contributed by atoms with Crippen molar-refractivity contribution in [3.05, 3.63) is 0 Å². The molecule has 2 unspecified atom stereocenters. The molecule has 21 heavy (non-hydrogen) atoms. The molecule has 0 aromatic rings. The maximum absolute atomic E-state index is 6.34. The zero-order valence-corrected chi connectivity index (χ0v) is 13.7. The van der Waals surface area contributed by atoms with Crippen LogP contribution in [0.3, 0.4) is 0 Å². The van der Waals surface area contributed by atoms with E-state index in [4.69, 9.17) is 14.2 Å². The average Bonchev–Trinajstić information content (AvgIpc) is 2.81. The predicted molar refractivity (Wildman–Crippen MR) is 82.6 cm³/mol. The average molecular weight is 297 g/mol. The van der Waals surface area contributed by atoms with Gasteiger partial charge in [-0.3, -0.25) is 0 Å². The Balaban J connectivity index is 1.36. The van der Waals surface area contributed by atoms with Crippen molar-refractivity contribution in [2.45, 2.75) is 82.2 Å². The van der Waals surface area contributed by atoms with E-state index < -0.39 is 0 Å². The molecule has 3 aliphatic rings.